The summed E-state index contributed by atoms with van der Waals surface area (Å²) in [5.41, 5.74) is 11.8. The topological polar surface area (TPSA) is 43.8 Å². The molecule has 2 rings (SSSR count). The van der Waals surface area contributed by atoms with Gasteiger partial charge in [0.2, 0.25) is 0 Å². The fourth-order valence-corrected chi connectivity index (χ4v) is 2.29. The molecule has 1 aromatic heterocycles. The largest absolute Gasteiger partial charge is 0.326 e. The molecule has 0 unspecified atom stereocenters. The molecule has 90 valence electrons. The average Bonchev–Trinajstić information content (AvgIpc) is 2.71. The molecular weight excluding hydrogens is 210 g/mol. The van der Waals surface area contributed by atoms with Gasteiger partial charge in [-0.1, -0.05) is 25.1 Å². The fourth-order valence-electron chi connectivity index (χ4n) is 2.29. The van der Waals surface area contributed by atoms with Crippen molar-refractivity contribution >= 4 is 0 Å². The number of nitrogens with two attached hydrogens (primary N) is 1. The van der Waals surface area contributed by atoms with Crippen molar-refractivity contribution in [3.8, 4) is 5.69 Å². The van der Waals surface area contributed by atoms with Crippen molar-refractivity contribution in [2.24, 2.45) is 5.73 Å². The molecule has 0 atom stereocenters. The Kier molecular flexibility index (Phi) is 3.29. The molecule has 0 aliphatic carbocycles. The Morgan fingerprint density at radius 1 is 1.24 bits per heavy atom. The van der Waals surface area contributed by atoms with Crippen LogP contribution in [-0.2, 0) is 13.0 Å². The molecule has 0 saturated heterocycles. The second-order valence-electron chi connectivity index (χ2n) is 4.33. The van der Waals surface area contributed by atoms with E-state index in [-0.39, 0.29) is 0 Å². The molecule has 0 aliphatic rings. The molecule has 1 aromatic carbocycles. The molecule has 2 N–H and O–H groups in total. The number of hydrogen-bond donors (Lipinski definition) is 1. The van der Waals surface area contributed by atoms with E-state index in [1.165, 1.54) is 22.5 Å². The molecule has 17 heavy (non-hydrogen) atoms. The average molecular weight is 229 g/mol. The molecule has 3 nitrogen and oxygen atoms in total. The lowest BCUT2D eigenvalue weighted by molar-refractivity contribution is 0.797. The van der Waals surface area contributed by atoms with E-state index in [9.17, 15) is 0 Å². The molecule has 2 aromatic rings. The maximum Gasteiger partial charge on any atom is 0.0707 e. The van der Waals surface area contributed by atoms with Crippen LogP contribution in [0.2, 0.25) is 0 Å². The van der Waals surface area contributed by atoms with Crippen molar-refractivity contribution in [2.75, 3.05) is 0 Å². The summed E-state index contributed by atoms with van der Waals surface area (Å²) in [6, 6.07) is 6.31. The van der Waals surface area contributed by atoms with Gasteiger partial charge in [0, 0.05) is 17.8 Å². The van der Waals surface area contributed by atoms with Gasteiger partial charge in [-0.15, -0.1) is 0 Å². The van der Waals surface area contributed by atoms with E-state index in [2.05, 4.69) is 44.1 Å². The number of hydrogen-bond acceptors (Lipinski definition) is 2. The maximum absolute atomic E-state index is 5.74. The predicted molar refractivity (Wildman–Crippen MR) is 70.3 cm³/mol. The van der Waals surface area contributed by atoms with Gasteiger partial charge in [-0.05, 0) is 31.4 Å². The number of para-hydroxylation sites is 1. The first-order chi connectivity index (χ1) is 8.19. The summed E-state index contributed by atoms with van der Waals surface area (Å²) < 4.78 is 2.03. The van der Waals surface area contributed by atoms with Crippen LogP contribution < -0.4 is 5.73 Å². The van der Waals surface area contributed by atoms with E-state index in [0.717, 1.165) is 12.0 Å². The zero-order valence-electron chi connectivity index (χ0n) is 10.7. The third-order valence-corrected chi connectivity index (χ3v) is 3.16. The quantitative estimate of drug-likeness (QED) is 0.878. The second-order valence-corrected chi connectivity index (χ2v) is 4.33. The van der Waals surface area contributed by atoms with Crippen LogP contribution in [0.15, 0.2) is 24.4 Å². The van der Waals surface area contributed by atoms with Crippen LogP contribution in [-0.4, -0.2) is 9.78 Å². The first-order valence-corrected chi connectivity index (χ1v) is 6.01. The summed E-state index contributed by atoms with van der Waals surface area (Å²) in [6.07, 6.45) is 2.82. The Labute approximate surface area is 102 Å². The molecule has 0 saturated carbocycles. The lowest BCUT2D eigenvalue weighted by Crippen LogP contribution is -2.07. The molecule has 0 bridgehead atoms. The minimum atomic E-state index is 0.550. The van der Waals surface area contributed by atoms with Crippen LogP contribution in [0.5, 0.6) is 0 Å². The van der Waals surface area contributed by atoms with E-state index in [1.807, 2.05) is 10.9 Å². The number of aryl methyl sites for hydroxylation is 2. The highest BCUT2D eigenvalue weighted by atomic mass is 15.3. The van der Waals surface area contributed by atoms with Gasteiger partial charge in [0.05, 0.1) is 11.9 Å². The highest BCUT2D eigenvalue weighted by molar-refractivity contribution is 5.48. The molecule has 0 aliphatic heterocycles. The van der Waals surface area contributed by atoms with Gasteiger partial charge < -0.3 is 5.73 Å². The van der Waals surface area contributed by atoms with Gasteiger partial charge in [0.1, 0.15) is 0 Å². The fraction of sp³-hybridized carbons (Fsp3) is 0.357. The molecule has 0 fully saturated rings. The van der Waals surface area contributed by atoms with Gasteiger partial charge in [-0.25, -0.2) is 4.68 Å². The first-order valence-electron chi connectivity index (χ1n) is 6.01. The van der Waals surface area contributed by atoms with Gasteiger partial charge in [-0.2, -0.15) is 5.10 Å². The number of rotatable bonds is 3. The Morgan fingerprint density at radius 2 is 1.88 bits per heavy atom. The van der Waals surface area contributed by atoms with Crippen LogP contribution >= 0.6 is 0 Å². The summed E-state index contributed by atoms with van der Waals surface area (Å²) in [5, 5.41) is 4.49. The third-order valence-electron chi connectivity index (χ3n) is 3.16. The monoisotopic (exact) mass is 229 g/mol. The Morgan fingerprint density at radius 3 is 2.41 bits per heavy atom. The molecule has 3 heteroatoms. The van der Waals surface area contributed by atoms with Crippen molar-refractivity contribution in [1.82, 2.24) is 9.78 Å². The van der Waals surface area contributed by atoms with Crippen molar-refractivity contribution < 1.29 is 0 Å². The summed E-state index contributed by atoms with van der Waals surface area (Å²) in [7, 11) is 0. The van der Waals surface area contributed by atoms with Crippen LogP contribution in [0.4, 0.5) is 0 Å². The van der Waals surface area contributed by atoms with E-state index >= 15 is 0 Å². The predicted octanol–water partition coefficient (Wildman–Crippen LogP) is 2.51. The third kappa shape index (κ3) is 1.98. The Bertz CT molecular complexity index is 506. The SMILES string of the molecule is CCc1c(CN)cnn1-c1c(C)cccc1C. The Hall–Kier alpha value is -1.61. The summed E-state index contributed by atoms with van der Waals surface area (Å²) >= 11 is 0. The first kappa shape index (κ1) is 11.9. The van der Waals surface area contributed by atoms with E-state index in [0.29, 0.717) is 6.54 Å². The van der Waals surface area contributed by atoms with Crippen molar-refractivity contribution in [1.29, 1.82) is 0 Å². The van der Waals surface area contributed by atoms with Crippen molar-refractivity contribution in [3.05, 3.63) is 46.8 Å². The van der Waals surface area contributed by atoms with Crippen LogP contribution in [0.1, 0.15) is 29.3 Å². The molecule has 0 radical (unpaired) electrons. The van der Waals surface area contributed by atoms with Gasteiger partial charge in [0.25, 0.3) is 0 Å². The van der Waals surface area contributed by atoms with Crippen molar-refractivity contribution in [3.63, 3.8) is 0 Å². The summed E-state index contributed by atoms with van der Waals surface area (Å²) in [4.78, 5) is 0. The lowest BCUT2D eigenvalue weighted by atomic mass is 10.1. The molecule has 0 spiro atoms. The zero-order valence-corrected chi connectivity index (χ0v) is 10.7. The smallest absolute Gasteiger partial charge is 0.0707 e. The minimum absolute atomic E-state index is 0.550. The second kappa shape index (κ2) is 4.72. The highest BCUT2D eigenvalue weighted by Crippen LogP contribution is 2.21. The Balaban J connectivity index is 2.64. The number of benzene rings is 1. The normalized spacial score (nSPS) is 10.8. The number of aromatic nitrogens is 2. The van der Waals surface area contributed by atoms with Crippen LogP contribution in [0.25, 0.3) is 5.69 Å². The van der Waals surface area contributed by atoms with Gasteiger partial charge >= 0.3 is 0 Å². The molecule has 0 amide bonds. The van der Waals surface area contributed by atoms with E-state index in [4.69, 9.17) is 5.73 Å². The standard InChI is InChI=1S/C14H19N3/c1-4-13-12(8-15)9-16-17(13)14-10(2)6-5-7-11(14)3/h5-7,9H,4,8,15H2,1-3H3. The molecular formula is C14H19N3. The van der Waals surface area contributed by atoms with E-state index in [1.54, 1.807) is 0 Å². The maximum atomic E-state index is 5.74. The van der Waals surface area contributed by atoms with Gasteiger partial charge in [0.15, 0.2) is 0 Å². The number of nitrogens with zero attached hydrogens (tertiary/aromatic N) is 2. The minimum Gasteiger partial charge on any atom is -0.326 e. The van der Waals surface area contributed by atoms with Gasteiger partial charge in [-0.3, -0.25) is 0 Å². The summed E-state index contributed by atoms with van der Waals surface area (Å²) in [5.74, 6) is 0. The van der Waals surface area contributed by atoms with Crippen LogP contribution in [0.3, 0.4) is 0 Å². The van der Waals surface area contributed by atoms with E-state index < -0.39 is 0 Å². The van der Waals surface area contributed by atoms with Crippen LogP contribution in [0, 0.1) is 13.8 Å². The lowest BCUT2D eigenvalue weighted by Gasteiger charge is -2.13. The highest BCUT2D eigenvalue weighted by Gasteiger charge is 2.12. The summed E-state index contributed by atoms with van der Waals surface area (Å²) in [6.45, 7) is 6.92. The molecule has 1 heterocycles. The van der Waals surface area contributed by atoms with Crippen molar-refractivity contribution in [2.45, 2.75) is 33.7 Å². The zero-order chi connectivity index (χ0) is 12.4.